The van der Waals surface area contributed by atoms with Gasteiger partial charge in [0, 0.05) is 103 Å². The summed E-state index contributed by atoms with van der Waals surface area (Å²) >= 11 is 3.33. The van der Waals surface area contributed by atoms with Crippen LogP contribution in [0.4, 0.5) is 14.4 Å². The highest BCUT2D eigenvalue weighted by Crippen LogP contribution is 2.15. The maximum Gasteiger partial charge on any atom is 0.410 e. The zero-order valence-corrected chi connectivity index (χ0v) is 45.4. The van der Waals surface area contributed by atoms with E-state index in [4.69, 9.17) is 28.8 Å². The van der Waals surface area contributed by atoms with Crippen LogP contribution in [0, 0.1) is 0 Å². The van der Waals surface area contributed by atoms with Crippen molar-refractivity contribution in [2.45, 2.75) is 170 Å². The molecule has 394 valence electrons. The lowest BCUT2D eigenvalue weighted by Crippen LogP contribution is -2.50. The third-order valence-corrected chi connectivity index (χ3v) is 10.7. The van der Waals surface area contributed by atoms with E-state index in [1.165, 1.54) is 12.8 Å². The van der Waals surface area contributed by atoms with Crippen LogP contribution in [0.15, 0.2) is 0 Å². The van der Waals surface area contributed by atoms with E-state index in [0.717, 1.165) is 148 Å². The van der Waals surface area contributed by atoms with Crippen LogP contribution < -0.4 is 5.32 Å². The summed E-state index contributed by atoms with van der Waals surface area (Å²) < 4.78 is 25.7. The molecule has 3 amide bonds. The van der Waals surface area contributed by atoms with Gasteiger partial charge in [0.15, 0.2) is 0 Å². The third kappa shape index (κ3) is 37.6. The fraction of sp³-hybridized carbons (Fsp3) is 0.898. The number of nitrogens with one attached hydrogen (secondary N) is 1. The predicted molar refractivity (Wildman–Crippen MR) is 269 cm³/mol. The number of alkyl halides is 1. The first kappa shape index (κ1) is 64.1. The number of aliphatic hydroxyl groups excluding tert-OH is 1. The summed E-state index contributed by atoms with van der Waals surface area (Å²) in [7, 11) is 0. The molecule has 0 bridgehead atoms. The number of amides is 3. The van der Waals surface area contributed by atoms with Crippen molar-refractivity contribution in [1.29, 1.82) is 0 Å². The molecule has 3 fully saturated rings. The number of nitrogens with zero attached hydrogens (tertiary/aromatic N) is 5. The number of carbonyl (C=O) groups is 5. The summed E-state index contributed by atoms with van der Waals surface area (Å²) in [5, 5.41) is 12.9. The fourth-order valence-electron chi connectivity index (χ4n) is 6.72. The minimum absolute atomic E-state index is 0.0675. The van der Waals surface area contributed by atoms with E-state index >= 15 is 0 Å². The maximum atomic E-state index is 12.0. The Hall–Kier alpha value is -2.93. The molecule has 0 radical (unpaired) electrons. The number of hydrogen-bond acceptors (Lipinski definition) is 14. The molecule has 3 aliphatic rings. The van der Waals surface area contributed by atoms with Gasteiger partial charge in [-0.2, -0.15) is 0 Å². The lowest BCUT2D eigenvalue weighted by atomic mass is 10.2. The zero-order valence-electron chi connectivity index (χ0n) is 43.9. The van der Waals surface area contributed by atoms with Crippen molar-refractivity contribution in [2.24, 2.45) is 0 Å². The van der Waals surface area contributed by atoms with Crippen molar-refractivity contribution in [1.82, 2.24) is 29.8 Å². The fourth-order valence-corrected chi connectivity index (χ4v) is 7.12. The molecule has 0 aromatic rings. The molecule has 0 saturated carbocycles. The maximum absolute atomic E-state index is 12.0. The Bertz CT molecular complexity index is 1320. The molecule has 2 N–H and O–H groups in total. The lowest BCUT2D eigenvalue weighted by molar-refractivity contribution is -0.144. The predicted octanol–water partition coefficient (Wildman–Crippen LogP) is 8.09. The highest BCUT2D eigenvalue weighted by Gasteiger charge is 2.27. The summed E-state index contributed by atoms with van der Waals surface area (Å²) in [6.07, 6.45) is 11.0. The number of carbonyl (C=O) groups excluding carboxylic acids is 5. The smallest absolute Gasteiger partial charge is 0.410 e. The summed E-state index contributed by atoms with van der Waals surface area (Å²) in [4.78, 5) is 67.5. The largest absolute Gasteiger partial charge is 0.466 e. The van der Waals surface area contributed by atoms with Crippen molar-refractivity contribution in [3.05, 3.63) is 0 Å². The van der Waals surface area contributed by atoms with Crippen LogP contribution in [-0.4, -0.2) is 193 Å². The average molecular weight is 1020 g/mol. The third-order valence-electron chi connectivity index (χ3n) is 10.2. The molecule has 17 nitrogen and oxygen atoms in total. The van der Waals surface area contributed by atoms with Gasteiger partial charge in [-0.3, -0.25) is 19.4 Å². The van der Waals surface area contributed by atoms with Crippen LogP contribution in [-0.2, 0) is 33.3 Å². The summed E-state index contributed by atoms with van der Waals surface area (Å²) in [6, 6.07) is 0. The number of halogens is 1. The van der Waals surface area contributed by atoms with Crippen molar-refractivity contribution in [2.75, 3.05) is 117 Å². The van der Waals surface area contributed by atoms with E-state index in [2.05, 4.69) is 31.0 Å². The van der Waals surface area contributed by atoms with E-state index in [1.54, 1.807) is 14.7 Å². The Labute approximate surface area is 414 Å². The molecule has 18 heteroatoms. The number of hydrogen-bond donors (Lipinski definition) is 2. The standard InChI is InChI=1S/C17H32N2O4.C15H30N2O3.C9H18N2O2.C8H15BrO2/c1-5-22-15(20)9-7-6-8-10-18-11-13-19(14-12-18)16(21)23-17(2,3)4;1-15(2,3)20-14(19)17-11-9-16(10-12-17)8-6-4-5-7-13-18;1-9(2,3)13-8(12)11-6-4-10-5-7-11;1-2-11-8(10)6-4-3-5-7-9/h5-14H2,1-4H3;18H,4-13H2,1-3H3;10H,4-7H2,1-3H3;2-7H2,1H3. The Morgan fingerprint density at radius 2 is 0.806 bits per heavy atom. The molecule has 0 aromatic carbocycles. The molecule has 0 unspecified atom stereocenters. The molecule has 67 heavy (non-hydrogen) atoms. The number of rotatable bonds is 19. The average Bonchev–Trinajstić information content (AvgIpc) is 3.25. The van der Waals surface area contributed by atoms with Crippen LogP contribution in [0.3, 0.4) is 0 Å². The van der Waals surface area contributed by atoms with E-state index in [0.29, 0.717) is 32.7 Å². The Balaban J connectivity index is 0.000000903. The summed E-state index contributed by atoms with van der Waals surface area (Å²) in [6.45, 7) is 33.8. The van der Waals surface area contributed by atoms with Crippen LogP contribution in [0.25, 0.3) is 0 Å². The lowest BCUT2D eigenvalue weighted by Gasteiger charge is -2.35. The molecule has 0 aromatic heterocycles. The van der Waals surface area contributed by atoms with E-state index in [9.17, 15) is 24.0 Å². The Kier molecular flexibility index (Phi) is 35.4. The molecule has 3 saturated heterocycles. The van der Waals surface area contributed by atoms with Gasteiger partial charge in [-0.05, 0) is 128 Å². The number of esters is 2. The van der Waals surface area contributed by atoms with E-state index < -0.39 is 11.2 Å². The van der Waals surface area contributed by atoms with Gasteiger partial charge in [-0.15, -0.1) is 0 Å². The van der Waals surface area contributed by atoms with Crippen molar-refractivity contribution < 1.29 is 52.8 Å². The quantitative estimate of drug-likeness (QED) is 0.0549. The van der Waals surface area contributed by atoms with Gasteiger partial charge in [0.1, 0.15) is 16.8 Å². The van der Waals surface area contributed by atoms with Crippen molar-refractivity contribution in [3.63, 3.8) is 0 Å². The molecule has 3 heterocycles. The number of piperazine rings is 3. The van der Waals surface area contributed by atoms with Crippen LogP contribution in [0.2, 0.25) is 0 Å². The minimum Gasteiger partial charge on any atom is -0.466 e. The second-order valence-electron chi connectivity index (χ2n) is 19.9. The zero-order chi connectivity index (χ0) is 50.7. The summed E-state index contributed by atoms with van der Waals surface area (Å²) in [5.74, 6) is -0.166. The van der Waals surface area contributed by atoms with Gasteiger partial charge in [0.2, 0.25) is 0 Å². The molecule has 0 spiro atoms. The first-order valence-electron chi connectivity index (χ1n) is 25.1. The van der Waals surface area contributed by atoms with Gasteiger partial charge in [0.05, 0.1) is 13.2 Å². The van der Waals surface area contributed by atoms with Gasteiger partial charge in [-0.1, -0.05) is 41.6 Å². The molecular formula is C49H95BrN6O11. The van der Waals surface area contributed by atoms with Crippen LogP contribution in [0.5, 0.6) is 0 Å². The van der Waals surface area contributed by atoms with E-state index in [1.807, 2.05) is 76.2 Å². The van der Waals surface area contributed by atoms with Gasteiger partial charge >= 0.3 is 30.2 Å². The molecule has 0 atom stereocenters. The number of unbranched alkanes of at least 4 members (excludes halogenated alkanes) is 7. The number of aliphatic hydroxyl groups is 1. The number of ether oxygens (including phenoxy) is 5. The van der Waals surface area contributed by atoms with Crippen molar-refractivity contribution >= 4 is 46.1 Å². The van der Waals surface area contributed by atoms with Crippen LogP contribution >= 0.6 is 15.9 Å². The van der Waals surface area contributed by atoms with Gasteiger partial charge in [0.25, 0.3) is 0 Å². The van der Waals surface area contributed by atoms with Gasteiger partial charge in [-0.25, -0.2) is 14.4 Å². The second kappa shape index (κ2) is 37.0. The molecule has 3 rings (SSSR count). The highest BCUT2D eigenvalue weighted by atomic mass is 79.9. The van der Waals surface area contributed by atoms with Crippen LogP contribution in [0.1, 0.15) is 153 Å². The first-order valence-corrected chi connectivity index (χ1v) is 26.2. The summed E-state index contributed by atoms with van der Waals surface area (Å²) in [5.41, 5.74) is -1.24. The topological polar surface area (TPSA) is 180 Å². The monoisotopic (exact) mass is 1020 g/mol. The minimum atomic E-state index is -0.437. The Morgan fingerprint density at radius 1 is 0.478 bits per heavy atom. The van der Waals surface area contributed by atoms with Crippen molar-refractivity contribution in [3.8, 4) is 0 Å². The van der Waals surface area contributed by atoms with E-state index in [-0.39, 0.29) is 35.8 Å². The first-order chi connectivity index (χ1) is 31.5. The normalized spacial score (nSPS) is 15.9. The Morgan fingerprint density at radius 3 is 1.13 bits per heavy atom. The second-order valence-corrected chi connectivity index (χ2v) is 20.7. The molecule has 3 aliphatic heterocycles. The van der Waals surface area contributed by atoms with Gasteiger partial charge < -0.3 is 48.8 Å². The molecular weight excluding hydrogens is 928 g/mol. The highest BCUT2D eigenvalue weighted by molar-refractivity contribution is 9.09. The molecule has 0 aliphatic carbocycles. The SMILES string of the molecule is CC(C)(C)OC(=O)N1CCN(CCCCCCO)CC1.CC(C)(C)OC(=O)N1CCNCC1.CCOC(=O)CCCCCBr.CCOC(=O)CCCCCN1CCN(C(=O)OC(C)(C)C)CC1.